The van der Waals surface area contributed by atoms with Crippen molar-refractivity contribution in [2.24, 2.45) is 0 Å². The Bertz CT molecular complexity index is 901. The van der Waals surface area contributed by atoms with Crippen molar-refractivity contribution in [2.75, 3.05) is 5.32 Å². The molecule has 2 bridgehead atoms. The van der Waals surface area contributed by atoms with Crippen molar-refractivity contribution in [2.45, 2.75) is 81.6 Å². The SMILES string of the molecule is N#Cc1cc2c(Br)c(NC3CCC(N4[C@@H]5CC[C@H]4CC(O)C5)CC3)ncc2o1. The van der Waals surface area contributed by atoms with Crippen molar-refractivity contribution in [3.63, 3.8) is 0 Å². The van der Waals surface area contributed by atoms with Gasteiger partial charge >= 0.3 is 0 Å². The Hall–Kier alpha value is -1.62. The van der Waals surface area contributed by atoms with Gasteiger partial charge in [-0.05, 0) is 67.3 Å². The minimum Gasteiger partial charge on any atom is -0.444 e. The van der Waals surface area contributed by atoms with Crippen LogP contribution in [0.3, 0.4) is 0 Å². The van der Waals surface area contributed by atoms with Gasteiger partial charge in [0.1, 0.15) is 11.9 Å². The van der Waals surface area contributed by atoms with Gasteiger partial charge in [0.2, 0.25) is 5.76 Å². The number of rotatable bonds is 3. The Morgan fingerprint density at radius 2 is 1.82 bits per heavy atom. The number of nitrogens with one attached hydrogen (secondary N) is 1. The molecule has 3 aliphatic rings. The van der Waals surface area contributed by atoms with E-state index in [0.717, 1.165) is 41.4 Å². The summed E-state index contributed by atoms with van der Waals surface area (Å²) >= 11 is 3.63. The molecule has 1 unspecified atom stereocenters. The fourth-order valence-corrected chi connectivity index (χ4v) is 6.15. The number of hydrogen-bond donors (Lipinski definition) is 2. The molecule has 3 atom stereocenters. The van der Waals surface area contributed by atoms with Gasteiger partial charge in [-0.2, -0.15) is 5.26 Å². The Labute approximate surface area is 173 Å². The summed E-state index contributed by atoms with van der Waals surface area (Å²) in [6.45, 7) is 0. The Kier molecular flexibility index (Phi) is 4.82. The number of halogens is 1. The lowest BCUT2D eigenvalue weighted by Gasteiger charge is -2.45. The average molecular weight is 445 g/mol. The fraction of sp³-hybridized carbons (Fsp3) is 0.619. The Morgan fingerprint density at radius 3 is 2.50 bits per heavy atom. The van der Waals surface area contributed by atoms with Gasteiger partial charge in [-0.25, -0.2) is 4.98 Å². The van der Waals surface area contributed by atoms with Gasteiger partial charge in [-0.15, -0.1) is 0 Å². The van der Waals surface area contributed by atoms with Crippen molar-refractivity contribution in [3.8, 4) is 6.07 Å². The van der Waals surface area contributed by atoms with Crippen molar-refractivity contribution >= 4 is 32.7 Å². The molecule has 2 aliphatic heterocycles. The smallest absolute Gasteiger partial charge is 0.204 e. The fourth-order valence-electron chi connectivity index (χ4n) is 5.63. The number of furan rings is 1. The molecule has 0 aromatic carbocycles. The first kappa shape index (κ1) is 18.4. The van der Waals surface area contributed by atoms with Gasteiger partial charge in [0.05, 0.1) is 16.8 Å². The molecule has 2 aromatic heterocycles. The summed E-state index contributed by atoms with van der Waals surface area (Å²) in [5.74, 6) is 1.12. The summed E-state index contributed by atoms with van der Waals surface area (Å²) in [5, 5.41) is 23.6. The summed E-state index contributed by atoms with van der Waals surface area (Å²) < 4.78 is 6.31. The first-order valence-corrected chi connectivity index (χ1v) is 11.1. The van der Waals surface area contributed by atoms with E-state index in [1.165, 1.54) is 25.7 Å². The predicted octanol–water partition coefficient (Wildman–Crippen LogP) is 4.17. The zero-order valence-electron chi connectivity index (χ0n) is 15.8. The second-order valence-corrected chi connectivity index (χ2v) is 9.32. The quantitative estimate of drug-likeness (QED) is 0.738. The lowest BCUT2D eigenvalue weighted by atomic mass is 9.87. The second kappa shape index (κ2) is 7.33. The number of pyridine rings is 1. The van der Waals surface area contributed by atoms with Gasteiger partial charge < -0.3 is 14.8 Å². The average Bonchev–Trinajstić information content (AvgIpc) is 3.24. The summed E-state index contributed by atoms with van der Waals surface area (Å²) in [6, 6.07) is 6.05. The van der Waals surface area contributed by atoms with Crippen LogP contribution < -0.4 is 5.32 Å². The molecule has 2 saturated heterocycles. The maximum Gasteiger partial charge on any atom is 0.204 e. The maximum atomic E-state index is 10.1. The summed E-state index contributed by atoms with van der Waals surface area (Å²) in [5.41, 5.74) is 0.625. The van der Waals surface area contributed by atoms with E-state index in [-0.39, 0.29) is 6.10 Å². The number of fused-ring (bicyclic) bond motifs is 3. The zero-order valence-corrected chi connectivity index (χ0v) is 17.4. The minimum absolute atomic E-state index is 0.0884. The van der Waals surface area contributed by atoms with Crippen LogP contribution in [0.15, 0.2) is 21.2 Å². The van der Waals surface area contributed by atoms with E-state index in [0.29, 0.717) is 35.5 Å². The summed E-state index contributed by atoms with van der Waals surface area (Å²) in [6.07, 6.45) is 10.7. The van der Waals surface area contributed by atoms with Gasteiger partial charge in [0.25, 0.3) is 0 Å². The van der Waals surface area contributed by atoms with E-state index in [9.17, 15) is 5.11 Å². The van der Waals surface area contributed by atoms with Crippen molar-refractivity contribution in [1.82, 2.24) is 9.88 Å². The number of piperidine rings is 1. The number of nitrogens with zero attached hydrogens (tertiary/aromatic N) is 3. The molecule has 6 nitrogen and oxygen atoms in total. The lowest BCUT2D eigenvalue weighted by molar-refractivity contribution is 0.0000467. The van der Waals surface area contributed by atoms with Crippen LogP contribution in [0, 0.1) is 11.3 Å². The number of hydrogen-bond acceptors (Lipinski definition) is 6. The van der Waals surface area contributed by atoms with Gasteiger partial charge in [-0.3, -0.25) is 4.90 Å². The normalized spacial score (nSPS) is 33.1. The van der Waals surface area contributed by atoms with Gasteiger partial charge in [0, 0.05) is 35.6 Å². The van der Waals surface area contributed by atoms with E-state index < -0.39 is 0 Å². The van der Waals surface area contributed by atoms with Crippen LogP contribution in [0.5, 0.6) is 0 Å². The van der Waals surface area contributed by atoms with E-state index in [2.05, 4.69) is 31.1 Å². The molecule has 28 heavy (non-hydrogen) atoms. The number of aromatic nitrogens is 1. The number of nitriles is 1. The van der Waals surface area contributed by atoms with Crippen LogP contribution in [0.1, 0.15) is 57.1 Å². The highest BCUT2D eigenvalue weighted by atomic mass is 79.9. The minimum atomic E-state index is -0.0884. The molecule has 0 amide bonds. The third kappa shape index (κ3) is 3.22. The topological polar surface area (TPSA) is 85.3 Å². The van der Waals surface area contributed by atoms with Crippen molar-refractivity contribution < 1.29 is 9.52 Å². The molecular weight excluding hydrogens is 420 g/mol. The summed E-state index contributed by atoms with van der Waals surface area (Å²) in [4.78, 5) is 7.25. The molecular formula is C21H25BrN4O2. The van der Waals surface area contributed by atoms with Crippen molar-refractivity contribution in [3.05, 3.63) is 22.5 Å². The third-order valence-corrected chi connectivity index (χ3v) is 7.65. The number of aliphatic hydroxyl groups is 1. The number of aliphatic hydroxyl groups excluding tert-OH is 1. The molecule has 2 N–H and O–H groups in total. The van der Waals surface area contributed by atoms with E-state index in [1.807, 2.05) is 6.07 Å². The van der Waals surface area contributed by atoms with E-state index in [4.69, 9.17) is 9.68 Å². The van der Waals surface area contributed by atoms with Crippen LogP contribution >= 0.6 is 15.9 Å². The molecule has 7 heteroatoms. The van der Waals surface area contributed by atoms with Crippen LogP contribution in [0.4, 0.5) is 5.82 Å². The molecule has 0 radical (unpaired) electrons. The monoisotopic (exact) mass is 444 g/mol. The van der Waals surface area contributed by atoms with E-state index in [1.54, 1.807) is 12.3 Å². The molecule has 1 saturated carbocycles. The molecule has 2 aromatic rings. The van der Waals surface area contributed by atoms with Crippen LogP contribution in [0.2, 0.25) is 0 Å². The van der Waals surface area contributed by atoms with Crippen molar-refractivity contribution in [1.29, 1.82) is 5.26 Å². The van der Waals surface area contributed by atoms with E-state index >= 15 is 0 Å². The largest absolute Gasteiger partial charge is 0.444 e. The first-order valence-electron chi connectivity index (χ1n) is 10.3. The maximum absolute atomic E-state index is 10.1. The van der Waals surface area contributed by atoms with Gasteiger partial charge in [0.15, 0.2) is 5.58 Å². The van der Waals surface area contributed by atoms with Crippen LogP contribution in [0.25, 0.3) is 11.0 Å². The highest BCUT2D eigenvalue weighted by molar-refractivity contribution is 9.10. The highest BCUT2D eigenvalue weighted by Gasteiger charge is 2.44. The first-order chi connectivity index (χ1) is 13.6. The zero-order chi connectivity index (χ0) is 19.3. The molecule has 1 aliphatic carbocycles. The third-order valence-electron chi connectivity index (χ3n) is 6.85. The van der Waals surface area contributed by atoms with Gasteiger partial charge in [-0.1, -0.05) is 0 Å². The predicted molar refractivity (Wildman–Crippen MR) is 110 cm³/mol. The molecule has 5 rings (SSSR count). The van der Waals surface area contributed by atoms with Crippen LogP contribution in [-0.2, 0) is 0 Å². The molecule has 148 valence electrons. The Balaban J connectivity index is 1.24. The lowest BCUT2D eigenvalue weighted by Crippen LogP contribution is -2.51. The second-order valence-electron chi connectivity index (χ2n) is 8.53. The number of anilines is 1. The molecule has 0 spiro atoms. The van der Waals surface area contributed by atoms with Crippen LogP contribution in [-0.4, -0.2) is 45.3 Å². The summed E-state index contributed by atoms with van der Waals surface area (Å²) in [7, 11) is 0. The molecule has 4 heterocycles. The Morgan fingerprint density at radius 1 is 1.14 bits per heavy atom. The molecule has 3 fully saturated rings. The standard InChI is InChI=1S/C21H25BrN4O2/c22-20-18-9-17(10-23)28-19(18)11-24-21(20)25-12-1-3-13(4-2-12)26-14-5-6-15(26)8-16(27)7-14/h9,11-16,27H,1-8H2,(H,24,25)/t12?,13?,14-,15+,16?. The highest BCUT2D eigenvalue weighted by Crippen LogP contribution is 2.41.